The van der Waals surface area contributed by atoms with Crippen LogP contribution in [0.15, 0.2) is 0 Å². The largest absolute Gasteiger partial charge is 0.158 e. The zero-order valence-corrected chi connectivity index (χ0v) is 16.2. The second-order valence-corrected chi connectivity index (χ2v) is 8.83. The Morgan fingerprint density at radius 2 is 1.52 bits per heavy atom. The summed E-state index contributed by atoms with van der Waals surface area (Å²) in [6.07, 6.45) is 12.8. The van der Waals surface area contributed by atoms with Gasteiger partial charge in [0.05, 0.1) is 0 Å². The minimum atomic E-state index is 0.920. The maximum Gasteiger partial charge on any atom is 0.00728 e. The van der Waals surface area contributed by atoms with Crippen molar-refractivity contribution in [3.05, 3.63) is 0 Å². The third kappa shape index (κ3) is 6.55. The average molecular weight is 313 g/mol. The molecule has 1 aliphatic rings. The smallest absolute Gasteiger partial charge is 0.00728 e. The van der Waals surface area contributed by atoms with Crippen LogP contribution in [0, 0.1) is 23.7 Å². The summed E-state index contributed by atoms with van der Waals surface area (Å²) in [6.45, 7) is 12.2. The van der Waals surface area contributed by atoms with Gasteiger partial charge in [0.2, 0.25) is 0 Å². The van der Waals surface area contributed by atoms with E-state index in [-0.39, 0.29) is 0 Å². The van der Waals surface area contributed by atoms with Gasteiger partial charge < -0.3 is 0 Å². The lowest BCUT2D eigenvalue weighted by atomic mass is 9.74. The highest BCUT2D eigenvalue weighted by molar-refractivity contribution is 7.99. The third-order valence-corrected chi connectivity index (χ3v) is 7.36. The van der Waals surface area contributed by atoms with Crippen molar-refractivity contribution in [1.29, 1.82) is 0 Å². The molecule has 0 amide bonds. The van der Waals surface area contributed by atoms with Gasteiger partial charge in [0.1, 0.15) is 0 Å². The fourth-order valence-corrected chi connectivity index (χ4v) is 6.08. The van der Waals surface area contributed by atoms with Crippen LogP contribution in [0.1, 0.15) is 92.4 Å². The van der Waals surface area contributed by atoms with Crippen molar-refractivity contribution in [3.8, 4) is 0 Å². The lowest BCUT2D eigenvalue weighted by molar-refractivity contribution is 0.192. The molecule has 1 fully saturated rings. The SMILES string of the molecule is CCCCCC1SCC(CCC)C(CCC)C(C)CC1C. The zero-order chi connectivity index (χ0) is 15.7. The number of hydrogen-bond acceptors (Lipinski definition) is 1. The minimum absolute atomic E-state index is 0.920. The number of hydrogen-bond donors (Lipinski definition) is 0. The summed E-state index contributed by atoms with van der Waals surface area (Å²) >= 11 is 2.34. The monoisotopic (exact) mass is 312 g/mol. The van der Waals surface area contributed by atoms with Crippen LogP contribution in [0.25, 0.3) is 0 Å². The van der Waals surface area contributed by atoms with E-state index in [1.165, 1.54) is 63.5 Å². The Morgan fingerprint density at radius 3 is 2.14 bits per heavy atom. The summed E-state index contributed by atoms with van der Waals surface area (Å²) in [4.78, 5) is 0. The molecule has 0 bridgehead atoms. The van der Waals surface area contributed by atoms with Crippen molar-refractivity contribution in [1.82, 2.24) is 0 Å². The predicted molar refractivity (Wildman–Crippen MR) is 100 cm³/mol. The van der Waals surface area contributed by atoms with Gasteiger partial charge in [0.15, 0.2) is 0 Å². The van der Waals surface area contributed by atoms with E-state index in [1.54, 1.807) is 0 Å². The molecular formula is C20H40S. The minimum Gasteiger partial charge on any atom is -0.158 e. The van der Waals surface area contributed by atoms with E-state index in [4.69, 9.17) is 0 Å². The molecule has 0 nitrogen and oxygen atoms in total. The van der Waals surface area contributed by atoms with Crippen LogP contribution in [0.2, 0.25) is 0 Å². The lowest BCUT2D eigenvalue weighted by Crippen LogP contribution is -2.31. The molecule has 0 radical (unpaired) electrons. The summed E-state index contributed by atoms with van der Waals surface area (Å²) in [5, 5.41) is 0.931. The standard InChI is InChI=1S/C20H40S/c1-6-9-10-13-20-17(5)14-16(4)19(12-8-3)18(11-7-2)15-21-20/h16-20H,6-15H2,1-5H3. The molecule has 0 aromatic carbocycles. The Morgan fingerprint density at radius 1 is 0.810 bits per heavy atom. The molecule has 0 aromatic rings. The van der Waals surface area contributed by atoms with Gasteiger partial charge in [-0.25, -0.2) is 0 Å². The first-order valence-electron chi connectivity index (χ1n) is 9.75. The Labute approximate surface area is 139 Å². The molecule has 21 heavy (non-hydrogen) atoms. The van der Waals surface area contributed by atoms with Crippen LogP contribution in [-0.4, -0.2) is 11.0 Å². The lowest BCUT2D eigenvalue weighted by Gasteiger charge is -2.39. The quantitative estimate of drug-likeness (QED) is 0.428. The van der Waals surface area contributed by atoms with Crippen molar-refractivity contribution in [2.24, 2.45) is 23.7 Å². The molecule has 1 heteroatoms. The number of unbranched alkanes of at least 4 members (excludes halogenated alkanes) is 2. The van der Waals surface area contributed by atoms with Crippen molar-refractivity contribution in [2.45, 2.75) is 97.7 Å². The molecule has 1 saturated heterocycles. The molecule has 126 valence electrons. The van der Waals surface area contributed by atoms with Crippen molar-refractivity contribution >= 4 is 11.8 Å². The third-order valence-electron chi connectivity index (χ3n) is 5.61. The molecule has 0 N–H and O–H groups in total. The van der Waals surface area contributed by atoms with Crippen LogP contribution in [0.5, 0.6) is 0 Å². The fourth-order valence-electron chi connectivity index (χ4n) is 4.40. The van der Waals surface area contributed by atoms with Gasteiger partial charge in [-0.3, -0.25) is 0 Å². The maximum atomic E-state index is 2.55. The molecule has 0 aliphatic carbocycles. The molecule has 1 rings (SSSR count). The summed E-state index contributed by atoms with van der Waals surface area (Å²) in [5.41, 5.74) is 0. The maximum absolute atomic E-state index is 2.55. The van der Waals surface area contributed by atoms with Crippen molar-refractivity contribution in [2.75, 3.05) is 5.75 Å². The molecule has 5 atom stereocenters. The summed E-state index contributed by atoms with van der Waals surface area (Å²) in [6, 6.07) is 0. The second-order valence-electron chi connectivity index (χ2n) is 7.56. The Hall–Kier alpha value is 0.350. The predicted octanol–water partition coefficient (Wildman–Crippen LogP) is 7.18. The van der Waals surface area contributed by atoms with Gasteiger partial charge in [-0.2, -0.15) is 11.8 Å². The molecule has 0 aromatic heterocycles. The second kappa shape index (κ2) is 11.0. The van der Waals surface area contributed by atoms with Gasteiger partial charge in [-0.05, 0) is 48.7 Å². The van der Waals surface area contributed by atoms with E-state index in [2.05, 4.69) is 46.4 Å². The molecular weight excluding hydrogens is 272 g/mol. The van der Waals surface area contributed by atoms with Crippen LogP contribution in [-0.2, 0) is 0 Å². The van der Waals surface area contributed by atoms with E-state index in [0.29, 0.717) is 0 Å². The van der Waals surface area contributed by atoms with E-state index >= 15 is 0 Å². The van der Waals surface area contributed by atoms with Crippen LogP contribution in [0.3, 0.4) is 0 Å². The topological polar surface area (TPSA) is 0 Å². The highest BCUT2D eigenvalue weighted by Gasteiger charge is 2.32. The van der Waals surface area contributed by atoms with Crippen LogP contribution in [0.4, 0.5) is 0 Å². The first-order chi connectivity index (χ1) is 10.1. The van der Waals surface area contributed by atoms with Gasteiger partial charge in [-0.15, -0.1) is 0 Å². The summed E-state index contributed by atoms with van der Waals surface area (Å²) in [5.74, 6) is 5.26. The Bertz CT molecular complexity index is 250. The van der Waals surface area contributed by atoms with E-state index < -0.39 is 0 Å². The van der Waals surface area contributed by atoms with E-state index in [1.807, 2.05) is 0 Å². The molecule has 0 saturated carbocycles. The molecule has 1 heterocycles. The van der Waals surface area contributed by atoms with Crippen molar-refractivity contribution < 1.29 is 0 Å². The fraction of sp³-hybridized carbons (Fsp3) is 1.00. The van der Waals surface area contributed by atoms with Gasteiger partial charge in [0.25, 0.3) is 0 Å². The van der Waals surface area contributed by atoms with Crippen LogP contribution < -0.4 is 0 Å². The molecule has 1 aliphatic heterocycles. The molecule has 0 spiro atoms. The normalized spacial score (nSPS) is 34.4. The summed E-state index contributed by atoms with van der Waals surface area (Å²) in [7, 11) is 0. The summed E-state index contributed by atoms with van der Waals surface area (Å²) < 4.78 is 0. The van der Waals surface area contributed by atoms with E-state index in [9.17, 15) is 0 Å². The highest BCUT2D eigenvalue weighted by atomic mass is 32.2. The van der Waals surface area contributed by atoms with Crippen LogP contribution >= 0.6 is 11.8 Å². The van der Waals surface area contributed by atoms with Crippen molar-refractivity contribution in [3.63, 3.8) is 0 Å². The van der Waals surface area contributed by atoms with E-state index in [0.717, 1.165) is 28.9 Å². The number of thioether (sulfide) groups is 1. The van der Waals surface area contributed by atoms with Gasteiger partial charge in [0, 0.05) is 5.25 Å². The highest BCUT2D eigenvalue weighted by Crippen LogP contribution is 2.42. The number of rotatable bonds is 8. The Balaban J connectivity index is 2.66. The van der Waals surface area contributed by atoms with Gasteiger partial charge >= 0.3 is 0 Å². The van der Waals surface area contributed by atoms with Gasteiger partial charge in [-0.1, -0.05) is 73.1 Å². The zero-order valence-electron chi connectivity index (χ0n) is 15.4. The molecule has 5 unspecified atom stereocenters. The first kappa shape index (κ1) is 19.4. The Kier molecular flexibility index (Phi) is 10.1. The average Bonchev–Trinajstić information content (AvgIpc) is 2.46. The first-order valence-corrected chi connectivity index (χ1v) is 10.8.